The van der Waals surface area contributed by atoms with Crippen LogP contribution in [-0.2, 0) is 6.42 Å². The van der Waals surface area contributed by atoms with Crippen LogP contribution in [-0.4, -0.2) is 24.5 Å². The van der Waals surface area contributed by atoms with Gasteiger partial charge in [0.2, 0.25) is 0 Å². The first kappa shape index (κ1) is 29.4. The maximum atomic E-state index is 5.27. The molecule has 10 aromatic rings. The van der Waals surface area contributed by atoms with Crippen molar-refractivity contribution in [2.24, 2.45) is 0 Å². The van der Waals surface area contributed by atoms with Crippen molar-refractivity contribution in [3.63, 3.8) is 0 Å². The number of rotatable bonds is 6. The highest BCUT2D eigenvalue weighted by Gasteiger charge is 2.20. The Balaban J connectivity index is 1.22. The lowest BCUT2D eigenvalue weighted by Crippen LogP contribution is -2.08. The number of aromatic nitrogens is 5. The summed E-state index contributed by atoms with van der Waals surface area (Å²) < 4.78 is 4.88. The van der Waals surface area contributed by atoms with Gasteiger partial charge in [-0.05, 0) is 35.9 Å². The number of nitrogens with zero attached hydrogens (tertiary/aromatic N) is 5. The van der Waals surface area contributed by atoms with E-state index in [2.05, 4.69) is 95.6 Å². The normalized spacial score (nSPS) is 11.6. The van der Waals surface area contributed by atoms with E-state index in [1.54, 1.807) is 0 Å². The third-order valence-electron chi connectivity index (χ3n) is 9.53. The topological polar surface area (TPSA) is 56.5 Å². The zero-order valence-electron chi connectivity index (χ0n) is 27.4. The minimum absolute atomic E-state index is 0.463. The van der Waals surface area contributed by atoms with E-state index in [4.69, 9.17) is 19.9 Å². The molecule has 10 rings (SSSR count). The maximum Gasteiger partial charge on any atom is 0.163 e. The molecule has 5 nitrogen and oxygen atoms in total. The molecule has 0 atom stereocenters. The van der Waals surface area contributed by atoms with E-state index in [0.29, 0.717) is 23.9 Å². The standard InChI is InChI=1S/C45H29N5S/c1-4-14-29(15-5-1)33-24-32(25-42-47-43(30-16-6-2-7-17-30)49-44(48-42)31-18-8-3-9-19-31)45(46-28-33)50-38-22-12-10-20-34(38)36-26-37-35-21-11-13-23-40(35)51-41(37)27-39(36)50/h1-24,26-28H,25H2. The second-order valence-electron chi connectivity index (χ2n) is 12.7. The van der Waals surface area contributed by atoms with Crippen LogP contribution >= 0.6 is 11.3 Å². The fraction of sp³-hybridized carbons (Fsp3) is 0.0222. The molecule has 0 aliphatic carbocycles. The van der Waals surface area contributed by atoms with Gasteiger partial charge in [0.25, 0.3) is 0 Å². The molecule has 0 bridgehead atoms. The molecule has 0 amide bonds. The van der Waals surface area contributed by atoms with Crippen LogP contribution in [0.4, 0.5) is 0 Å². The van der Waals surface area contributed by atoms with E-state index in [0.717, 1.165) is 44.7 Å². The van der Waals surface area contributed by atoms with Gasteiger partial charge in [0.05, 0.1) is 11.0 Å². The molecule has 6 heteroatoms. The third kappa shape index (κ3) is 5.16. The number of para-hydroxylation sites is 1. The van der Waals surface area contributed by atoms with Crippen LogP contribution in [0.15, 0.2) is 164 Å². The van der Waals surface area contributed by atoms with Gasteiger partial charge in [0.15, 0.2) is 11.6 Å². The summed E-state index contributed by atoms with van der Waals surface area (Å²) in [5.74, 6) is 2.85. The molecule has 0 radical (unpaired) electrons. The van der Waals surface area contributed by atoms with Crippen LogP contribution < -0.4 is 0 Å². The highest BCUT2D eigenvalue weighted by Crippen LogP contribution is 2.41. The van der Waals surface area contributed by atoms with Crippen LogP contribution in [0.25, 0.3) is 81.7 Å². The Bertz CT molecular complexity index is 2820. The molecule has 0 spiro atoms. The number of hydrogen-bond acceptors (Lipinski definition) is 5. The minimum atomic E-state index is 0.463. The van der Waals surface area contributed by atoms with Crippen molar-refractivity contribution in [2.75, 3.05) is 0 Å². The molecule has 4 heterocycles. The van der Waals surface area contributed by atoms with Crippen LogP contribution in [0, 0.1) is 0 Å². The fourth-order valence-electron chi connectivity index (χ4n) is 7.14. The van der Waals surface area contributed by atoms with Gasteiger partial charge in [-0.3, -0.25) is 4.57 Å². The van der Waals surface area contributed by atoms with Crippen molar-refractivity contribution < 1.29 is 0 Å². The molecule has 51 heavy (non-hydrogen) atoms. The predicted octanol–water partition coefficient (Wildman–Crippen LogP) is 11.3. The molecule has 0 aliphatic heterocycles. The van der Waals surface area contributed by atoms with Gasteiger partial charge in [-0.2, -0.15) is 0 Å². The molecule has 0 unspecified atom stereocenters. The van der Waals surface area contributed by atoms with Gasteiger partial charge in [0, 0.05) is 65.8 Å². The van der Waals surface area contributed by atoms with Crippen molar-refractivity contribution in [1.82, 2.24) is 24.5 Å². The molecule has 0 fully saturated rings. The lowest BCUT2D eigenvalue weighted by atomic mass is 10.0. The number of fused-ring (bicyclic) bond motifs is 6. The monoisotopic (exact) mass is 671 g/mol. The van der Waals surface area contributed by atoms with Crippen molar-refractivity contribution >= 4 is 53.3 Å². The van der Waals surface area contributed by atoms with Crippen molar-refractivity contribution in [1.29, 1.82) is 0 Å². The Labute approximate surface area is 298 Å². The van der Waals surface area contributed by atoms with Crippen molar-refractivity contribution in [2.45, 2.75) is 6.42 Å². The number of hydrogen-bond donors (Lipinski definition) is 0. The first-order valence-corrected chi connectivity index (χ1v) is 17.8. The second kappa shape index (κ2) is 12.1. The van der Waals surface area contributed by atoms with E-state index in [1.165, 1.54) is 30.9 Å². The highest BCUT2D eigenvalue weighted by atomic mass is 32.1. The van der Waals surface area contributed by atoms with Gasteiger partial charge in [-0.15, -0.1) is 11.3 Å². The van der Waals surface area contributed by atoms with E-state index < -0.39 is 0 Å². The van der Waals surface area contributed by atoms with E-state index in [9.17, 15) is 0 Å². The number of thiophene rings is 1. The second-order valence-corrected chi connectivity index (χ2v) is 13.8. The Hall–Kier alpha value is -6.50. The molecular weight excluding hydrogens is 643 g/mol. The predicted molar refractivity (Wildman–Crippen MR) is 210 cm³/mol. The highest BCUT2D eigenvalue weighted by molar-refractivity contribution is 7.25. The average molecular weight is 672 g/mol. The van der Waals surface area contributed by atoms with Gasteiger partial charge in [0.1, 0.15) is 11.6 Å². The maximum absolute atomic E-state index is 5.27. The fourth-order valence-corrected chi connectivity index (χ4v) is 8.26. The summed E-state index contributed by atoms with van der Waals surface area (Å²) in [5, 5.41) is 4.98. The lowest BCUT2D eigenvalue weighted by Gasteiger charge is -2.15. The summed E-state index contributed by atoms with van der Waals surface area (Å²) in [7, 11) is 0. The molecule has 0 saturated carbocycles. The van der Waals surface area contributed by atoms with Gasteiger partial charge >= 0.3 is 0 Å². The van der Waals surface area contributed by atoms with Crippen molar-refractivity contribution in [3.8, 4) is 39.7 Å². The molecule has 0 saturated heterocycles. The van der Waals surface area contributed by atoms with Crippen LogP contribution in [0.1, 0.15) is 11.4 Å². The van der Waals surface area contributed by atoms with Crippen LogP contribution in [0.2, 0.25) is 0 Å². The average Bonchev–Trinajstić information content (AvgIpc) is 3.72. The van der Waals surface area contributed by atoms with E-state index in [-0.39, 0.29) is 0 Å². The summed E-state index contributed by atoms with van der Waals surface area (Å²) >= 11 is 1.84. The number of benzene rings is 6. The first-order valence-electron chi connectivity index (χ1n) is 17.0. The third-order valence-corrected chi connectivity index (χ3v) is 10.7. The lowest BCUT2D eigenvalue weighted by molar-refractivity contribution is 0.914. The minimum Gasteiger partial charge on any atom is -0.293 e. The van der Waals surface area contributed by atoms with E-state index in [1.807, 2.05) is 84.3 Å². The smallest absolute Gasteiger partial charge is 0.163 e. The quantitative estimate of drug-likeness (QED) is 0.177. The first-order chi connectivity index (χ1) is 25.3. The van der Waals surface area contributed by atoms with Gasteiger partial charge in [-0.25, -0.2) is 19.9 Å². The Kier molecular flexibility index (Phi) is 6.99. The SMILES string of the molecule is c1ccc(-c2cnc(-n3c4ccccc4c4cc5c(cc43)sc3ccccc35)c(Cc3nc(-c4ccccc4)nc(-c4ccccc4)n3)c2)cc1. The Morgan fingerprint density at radius 2 is 1.06 bits per heavy atom. The summed E-state index contributed by atoms with van der Waals surface area (Å²) in [4.78, 5) is 20.4. The Morgan fingerprint density at radius 1 is 0.451 bits per heavy atom. The van der Waals surface area contributed by atoms with Gasteiger partial charge in [-0.1, -0.05) is 127 Å². The molecule has 4 aromatic heterocycles. The molecule has 240 valence electrons. The number of pyridine rings is 1. The zero-order chi connectivity index (χ0) is 33.7. The summed E-state index contributed by atoms with van der Waals surface area (Å²) in [5.41, 5.74) is 7.32. The molecule has 6 aromatic carbocycles. The molecule has 0 aliphatic rings. The molecular formula is C45H29N5S. The van der Waals surface area contributed by atoms with Crippen LogP contribution in [0.3, 0.4) is 0 Å². The zero-order valence-corrected chi connectivity index (χ0v) is 28.3. The van der Waals surface area contributed by atoms with E-state index >= 15 is 0 Å². The van der Waals surface area contributed by atoms with Crippen molar-refractivity contribution in [3.05, 3.63) is 175 Å². The summed E-state index contributed by atoms with van der Waals surface area (Å²) in [6.45, 7) is 0. The molecule has 0 N–H and O–H groups in total. The summed E-state index contributed by atoms with van der Waals surface area (Å²) in [6.07, 6.45) is 2.45. The largest absolute Gasteiger partial charge is 0.293 e. The Morgan fingerprint density at radius 3 is 1.76 bits per heavy atom. The van der Waals surface area contributed by atoms with Gasteiger partial charge < -0.3 is 0 Å². The van der Waals surface area contributed by atoms with Crippen LogP contribution in [0.5, 0.6) is 0 Å². The summed E-state index contributed by atoms with van der Waals surface area (Å²) in [6, 6.07) is 55.0.